The summed E-state index contributed by atoms with van der Waals surface area (Å²) < 4.78 is 16.5. The molecule has 0 fully saturated rings. The lowest BCUT2D eigenvalue weighted by molar-refractivity contribution is -0.131. The molecule has 3 aromatic rings. The summed E-state index contributed by atoms with van der Waals surface area (Å²) >= 11 is 0. The molecule has 0 atom stereocenters. The SMILES string of the molecule is COc1c(C)c(O)c2cc(OCc3ccccc3)ccc2c1OC(C)=O. The van der Waals surface area contributed by atoms with Crippen molar-refractivity contribution in [3.8, 4) is 23.0 Å². The van der Waals surface area contributed by atoms with E-state index in [9.17, 15) is 9.90 Å². The van der Waals surface area contributed by atoms with Gasteiger partial charge in [0.25, 0.3) is 0 Å². The van der Waals surface area contributed by atoms with E-state index in [4.69, 9.17) is 14.2 Å². The summed E-state index contributed by atoms with van der Waals surface area (Å²) in [5.74, 6) is 0.843. The van der Waals surface area contributed by atoms with Crippen molar-refractivity contribution >= 4 is 16.7 Å². The Morgan fingerprint density at radius 3 is 2.42 bits per heavy atom. The van der Waals surface area contributed by atoms with Crippen LogP contribution in [0.1, 0.15) is 18.1 Å². The molecule has 26 heavy (non-hydrogen) atoms. The third-order valence-corrected chi connectivity index (χ3v) is 4.09. The van der Waals surface area contributed by atoms with Crippen LogP contribution in [0.4, 0.5) is 0 Å². The zero-order valence-electron chi connectivity index (χ0n) is 14.9. The van der Waals surface area contributed by atoms with Gasteiger partial charge in [0.1, 0.15) is 18.1 Å². The standard InChI is InChI=1S/C21H20O5/c1-13-19(23)18-11-16(25-12-15-7-5-4-6-8-15)9-10-17(18)21(20(13)24-3)26-14(2)22/h4-11,23H,12H2,1-3H3. The third-order valence-electron chi connectivity index (χ3n) is 4.09. The number of benzene rings is 3. The molecule has 0 bridgehead atoms. The molecule has 0 unspecified atom stereocenters. The first-order valence-corrected chi connectivity index (χ1v) is 8.19. The van der Waals surface area contributed by atoms with Crippen molar-refractivity contribution in [2.45, 2.75) is 20.5 Å². The minimum absolute atomic E-state index is 0.0675. The Kier molecular flexibility index (Phi) is 4.98. The van der Waals surface area contributed by atoms with E-state index in [1.54, 1.807) is 25.1 Å². The second kappa shape index (κ2) is 7.35. The number of carbonyl (C=O) groups is 1. The summed E-state index contributed by atoms with van der Waals surface area (Å²) in [6.45, 7) is 3.45. The highest BCUT2D eigenvalue weighted by Gasteiger charge is 2.20. The van der Waals surface area contributed by atoms with Crippen LogP contribution in [-0.2, 0) is 11.4 Å². The van der Waals surface area contributed by atoms with E-state index in [1.807, 2.05) is 30.3 Å². The fraction of sp³-hybridized carbons (Fsp3) is 0.190. The molecule has 3 rings (SSSR count). The minimum atomic E-state index is -0.459. The molecule has 0 saturated heterocycles. The van der Waals surface area contributed by atoms with Crippen LogP contribution in [0.3, 0.4) is 0 Å². The van der Waals surface area contributed by atoms with Crippen molar-refractivity contribution in [3.05, 3.63) is 59.7 Å². The molecule has 0 aliphatic rings. The summed E-state index contributed by atoms with van der Waals surface area (Å²) in [6, 6.07) is 15.1. The number of hydrogen-bond donors (Lipinski definition) is 1. The number of phenols is 1. The van der Waals surface area contributed by atoms with Gasteiger partial charge < -0.3 is 19.3 Å². The predicted octanol–water partition coefficient (Wildman–Crippen LogP) is 4.37. The van der Waals surface area contributed by atoms with Crippen LogP contribution in [0, 0.1) is 6.92 Å². The molecule has 0 aliphatic heterocycles. The van der Waals surface area contributed by atoms with Gasteiger partial charge in [-0.05, 0) is 30.7 Å². The lowest BCUT2D eigenvalue weighted by atomic mass is 10.0. The molecule has 0 heterocycles. The van der Waals surface area contributed by atoms with Crippen molar-refractivity contribution in [2.24, 2.45) is 0 Å². The molecule has 0 saturated carbocycles. The smallest absolute Gasteiger partial charge is 0.308 e. The van der Waals surface area contributed by atoms with Gasteiger partial charge in [-0.25, -0.2) is 0 Å². The van der Waals surface area contributed by atoms with Crippen molar-refractivity contribution < 1.29 is 24.1 Å². The summed E-state index contributed by atoms with van der Waals surface area (Å²) in [5, 5.41) is 11.7. The van der Waals surface area contributed by atoms with Crippen LogP contribution in [-0.4, -0.2) is 18.2 Å². The first-order valence-electron chi connectivity index (χ1n) is 8.19. The quantitative estimate of drug-likeness (QED) is 0.546. The fourth-order valence-electron chi connectivity index (χ4n) is 2.84. The lowest BCUT2D eigenvalue weighted by Gasteiger charge is -2.16. The Hall–Kier alpha value is -3.21. The number of methoxy groups -OCH3 is 1. The first kappa shape index (κ1) is 17.6. The van der Waals surface area contributed by atoms with Crippen LogP contribution < -0.4 is 14.2 Å². The van der Waals surface area contributed by atoms with Crippen molar-refractivity contribution in [1.82, 2.24) is 0 Å². The van der Waals surface area contributed by atoms with E-state index in [1.165, 1.54) is 14.0 Å². The summed E-state index contributed by atoms with van der Waals surface area (Å²) in [5.41, 5.74) is 1.54. The second-order valence-corrected chi connectivity index (χ2v) is 5.91. The molecule has 0 amide bonds. The molecule has 3 aromatic carbocycles. The van der Waals surface area contributed by atoms with Gasteiger partial charge >= 0.3 is 5.97 Å². The molecule has 0 radical (unpaired) electrons. The topological polar surface area (TPSA) is 65.0 Å². The number of phenolic OH excluding ortho intramolecular Hbond substituents is 1. The monoisotopic (exact) mass is 352 g/mol. The molecule has 0 aliphatic carbocycles. The highest BCUT2D eigenvalue weighted by molar-refractivity contribution is 5.99. The van der Waals surface area contributed by atoms with Gasteiger partial charge in [-0.1, -0.05) is 30.3 Å². The number of esters is 1. The Balaban J connectivity index is 2.03. The number of carbonyl (C=O) groups excluding carboxylic acids is 1. The van der Waals surface area contributed by atoms with Crippen LogP contribution in [0.5, 0.6) is 23.0 Å². The highest BCUT2D eigenvalue weighted by atomic mass is 16.6. The van der Waals surface area contributed by atoms with E-state index in [-0.39, 0.29) is 5.75 Å². The largest absolute Gasteiger partial charge is 0.507 e. The number of rotatable bonds is 5. The Morgan fingerprint density at radius 2 is 1.77 bits per heavy atom. The maximum Gasteiger partial charge on any atom is 0.308 e. The van der Waals surface area contributed by atoms with E-state index in [0.717, 1.165) is 5.56 Å². The van der Waals surface area contributed by atoms with Gasteiger partial charge in [0.15, 0.2) is 11.5 Å². The van der Waals surface area contributed by atoms with E-state index < -0.39 is 5.97 Å². The molecule has 0 aromatic heterocycles. The van der Waals surface area contributed by atoms with E-state index >= 15 is 0 Å². The van der Waals surface area contributed by atoms with E-state index in [2.05, 4.69) is 0 Å². The van der Waals surface area contributed by atoms with Gasteiger partial charge in [-0.2, -0.15) is 0 Å². The molecule has 0 spiro atoms. The maximum absolute atomic E-state index is 11.5. The predicted molar refractivity (Wildman–Crippen MR) is 99.0 cm³/mol. The van der Waals surface area contributed by atoms with Gasteiger partial charge in [-0.15, -0.1) is 0 Å². The average Bonchev–Trinajstić information content (AvgIpc) is 2.65. The second-order valence-electron chi connectivity index (χ2n) is 5.91. The molecular formula is C21H20O5. The number of aromatic hydroxyl groups is 1. The van der Waals surface area contributed by atoms with Crippen LogP contribution in [0.15, 0.2) is 48.5 Å². The summed E-state index contributed by atoms with van der Waals surface area (Å²) in [6.07, 6.45) is 0. The Morgan fingerprint density at radius 1 is 1.04 bits per heavy atom. The minimum Gasteiger partial charge on any atom is -0.507 e. The number of hydrogen-bond acceptors (Lipinski definition) is 5. The third kappa shape index (κ3) is 3.42. The van der Waals surface area contributed by atoms with Gasteiger partial charge in [0, 0.05) is 23.3 Å². The average molecular weight is 352 g/mol. The lowest BCUT2D eigenvalue weighted by Crippen LogP contribution is -2.05. The van der Waals surface area contributed by atoms with Crippen molar-refractivity contribution in [1.29, 1.82) is 0 Å². The molecule has 134 valence electrons. The normalized spacial score (nSPS) is 10.6. The van der Waals surface area contributed by atoms with Crippen LogP contribution >= 0.6 is 0 Å². The first-order chi connectivity index (χ1) is 12.5. The van der Waals surface area contributed by atoms with Crippen molar-refractivity contribution in [2.75, 3.05) is 7.11 Å². The van der Waals surface area contributed by atoms with Crippen LogP contribution in [0.2, 0.25) is 0 Å². The van der Waals surface area contributed by atoms with E-state index in [0.29, 0.717) is 40.2 Å². The van der Waals surface area contributed by atoms with Gasteiger partial charge in [0.2, 0.25) is 0 Å². The number of fused-ring (bicyclic) bond motifs is 1. The zero-order valence-corrected chi connectivity index (χ0v) is 14.9. The fourth-order valence-corrected chi connectivity index (χ4v) is 2.84. The molecule has 5 heteroatoms. The molecular weight excluding hydrogens is 332 g/mol. The number of ether oxygens (including phenoxy) is 3. The van der Waals surface area contributed by atoms with Crippen molar-refractivity contribution in [3.63, 3.8) is 0 Å². The molecule has 5 nitrogen and oxygen atoms in total. The van der Waals surface area contributed by atoms with Gasteiger partial charge in [0.05, 0.1) is 7.11 Å². The maximum atomic E-state index is 11.5. The van der Waals surface area contributed by atoms with Crippen LogP contribution in [0.25, 0.3) is 10.8 Å². The molecule has 1 N–H and O–H groups in total. The zero-order chi connectivity index (χ0) is 18.7. The summed E-state index contributed by atoms with van der Waals surface area (Å²) in [7, 11) is 1.47. The Bertz CT molecular complexity index is 948. The van der Waals surface area contributed by atoms with Gasteiger partial charge in [-0.3, -0.25) is 4.79 Å². The highest BCUT2D eigenvalue weighted by Crippen LogP contribution is 2.45. The Labute approximate surface area is 151 Å². The summed E-state index contributed by atoms with van der Waals surface area (Å²) in [4.78, 5) is 11.5.